The molecule has 1 aromatic carbocycles. The van der Waals surface area contributed by atoms with E-state index in [2.05, 4.69) is 36.0 Å². The SMILES string of the molecule is CC(C)C1c2nocc2CN1c1ccc(Cl)cc1. The number of benzene rings is 1. The molecule has 0 spiro atoms. The third-order valence-electron chi connectivity index (χ3n) is 3.42. The second kappa shape index (κ2) is 4.32. The fourth-order valence-electron chi connectivity index (χ4n) is 2.62. The molecule has 1 aliphatic heterocycles. The molecule has 0 bridgehead atoms. The van der Waals surface area contributed by atoms with E-state index in [1.54, 1.807) is 6.26 Å². The van der Waals surface area contributed by atoms with Crippen molar-refractivity contribution in [2.45, 2.75) is 26.4 Å². The maximum atomic E-state index is 5.94. The average Bonchev–Trinajstić information content (AvgIpc) is 2.88. The summed E-state index contributed by atoms with van der Waals surface area (Å²) in [7, 11) is 0. The van der Waals surface area contributed by atoms with E-state index in [4.69, 9.17) is 16.1 Å². The van der Waals surface area contributed by atoms with Gasteiger partial charge in [0, 0.05) is 22.8 Å². The molecule has 3 rings (SSSR count). The summed E-state index contributed by atoms with van der Waals surface area (Å²) in [5.74, 6) is 0.479. The molecule has 0 saturated heterocycles. The van der Waals surface area contributed by atoms with Gasteiger partial charge in [0.15, 0.2) is 0 Å². The van der Waals surface area contributed by atoms with Crippen molar-refractivity contribution in [3.63, 3.8) is 0 Å². The van der Waals surface area contributed by atoms with Crippen molar-refractivity contribution in [1.29, 1.82) is 0 Å². The van der Waals surface area contributed by atoms with Crippen molar-refractivity contribution in [2.24, 2.45) is 5.92 Å². The summed E-state index contributed by atoms with van der Waals surface area (Å²) in [5.41, 5.74) is 3.43. The topological polar surface area (TPSA) is 29.3 Å². The number of hydrogen-bond donors (Lipinski definition) is 0. The molecule has 0 radical (unpaired) electrons. The molecule has 2 aromatic rings. The van der Waals surface area contributed by atoms with Gasteiger partial charge >= 0.3 is 0 Å². The third kappa shape index (κ3) is 1.79. The molecule has 0 amide bonds. The lowest BCUT2D eigenvalue weighted by atomic mass is 10.0. The van der Waals surface area contributed by atoms with Crippen LogP contribution in [0, 0.1) is 5.92 Å². The van der Waals surface area contributed by atoms with E-state index in [9.17, 15) is 0 Å². The van der Waals surface area contributed by atoms with Crippen LogP contribution in [0.25, 0.3) is 0 Å². The number of halogens is 1. The summed E-state index contributed by atoms with van der Waals surface area (Å²) in [4.78, 5) is 2.36. The predicted molar refractivity (Wildman–Crippen MR) is 71.7 cm³/mol. The summed E-state index contributed by atoms with van der Waals surface area (Å²) < 4.78 is 5.07. The quantitative estimate of drug-likeness (QED) is 0.818. The van der Waals surface area contributed by atoms with Crippen molar-refractivity contribution in [3.8, 4) is 0 Å². The lowest BCUT2D eigenvalue weighted by molar-refractivity contribution is 0.382. The Hall–Kier alpha value is -1.48. The molecule has 18 heavy (non-hydrogen) atoms. The summed E-state index contributed by atoms with van der Waals surface area (Å²) >= 11 is 5.94. The van der Waals surface area contributed by atoms with E-state index in [0.29, 0.717) is 5.92 Å². The highest BCUT2D eigenvalue weighted by Crippen LogP contribution is 2.40. The van der Waals surface area contributed by atoms with Gasteiger partial charge < -0.3 is 9.42 Å². The first-order valence-electron chi connectivity index (χ1n) is 6.12. The maximum Gasteiger partial charge on any atom is 0.129 e. The lowest BCUT2D eigenvalue weighted by Crippen LogP contribution is -2.25. The maximum absolute atomic E-state index is 5.94. The van der Waals surface area contributed by atoms with Gasteiger partial charge in [-0.1, -0.05) is 30.6 Å². The Balaban J connectivity index is 1.98. The fourth-order valence-corrected chi connectivity index (χ4v) is 2.74. The van der Waals surface area contributed by atoms with Crippen LogP contribution in [0.5, 0.6) is 0 Å². The molecule has 0 N–H and O–H groups in total. The number of anilines is 1. The van der Waals surface area contributed by atoms with Gasteiger partial charge in [0.25, 0.3) is 0 Å². The fraction of sp³-hybridized carbons (Fsp3) is 0.357. The molecule has 1 aromatic heterocycles. The van der Waals surface area contributed by atoms with Gasteiger partial charge in [0.2, 0.25) is 0 Å². The van der Waals surface area contributed by atoms with E-state index >= 15 is 0 Å². The molecular formula is C14H15ClN2O. The highest BCUT2D eigenvalue weighted by molar-refractivity contribution is 6.30. The van der Waals surface area contributed by atoms with Crippen LogP contribution in [-0.4, -0.2) is 5.16 Å². The van der Waals surface area contributed by atoms with E-state index in [1.807, 2.05) is 12.1 Å². The molecule has 0 saturated carbocycles. The smallest absolute Gasteiger partial charge is 0.129 e. The Bertz CT molecular complexity index is 547. The number of hydrogen-bond acceptors (Lipinski definition) is 3. The zero-order valence-electron chi connectivity index (χ0n) is 10.4. The molecule has 0 fully saturated rings. The lowest BCUT2D eigenvalue weighted by Gasteiger charge is -2.29. The molecule has 94 valence electrons. The van der Waals surface area contributed by atoms with Crippen LogP contribution in [-0.2, 0) is 6.54 Å². The van der Waals surface area contributed by atoms with Gasteiger partial charge in [-0.25, -0.2) is 0 Å². The third-order valence-corrected chi connectivity index (χ3v) is 3.67. The first-order chi connectivity index (χ1) is 8.66. The highest BCUT2D eigenvalue weighted by Gasteiger charge is 2.35. The average molecular weight is 263 g/mol. The Morgan fingerprint density at radius 3 is 2.72 bits per heavy atom. The second-order valence-electron chi connectivity index (χ2n) is 5.02. The Morgan fingerprint density at radius 2 is 2.06 bits per heavy atom. The molecule has 1 aliphatic rings. The van der Waals surface area contributed by atoms with Crippen molar-refractivity contribution in [3.05, 3.63) is 46.8 Å². The molecule has 3 nitrogen and oxygen atoms in total. The normalized spacial score (nSPS) is 18.4. The first kappa shape index (κ1) is 11.6. The van der Waals surface area contributed by atoms with Crippen LogP contribution in [0.1, 0.15) is 31.1 Å². The number of fused-ring (bicyclic) bond motifs is 1. The highest BCUT2D eigenvalue weighted by atomic mass is 35.5. The summed E-state index contributed by atoms with van der Waals surface area (Å²) in [6.45, 7) is 5.26. The molecule has 2 heterocycles. The van der Waals surface area contributed by atoms with Crippen LogP contribution in [0.4, 0.5) is 5.69 Å². The molecule has 1 unspecified atom stereocenters. The zero-order valence-corrected chi connectivity index (χ0v) is 11.2. The van der Waals surface area contributed by atoms with Gasteiger partial charge in [-0.3, -0.25) is 0 Å². The minimum Gasteiger partial charge on any atom is -0.364 e. The van der Waals surface area contributed by atoms with Gasteiger partial charge in [-0.2, -0.15) is 0 Å². The van der Waals surface area contributed by atoms with Crippen LogP contribution >= 0.6 is 11.6 Å². The number of aromatic nitrogens is 1. The largest absolute Gasteiger partial charge is 0.364 e. The standard InChI is InChI=1S/C14H15ClN2O/c1-9(2)14-13-10(8-18-16-13)7-17(14)12-5-3-11(15)4-6-12/h3-6,8-9,14H,7H2,1-2H3. The summed E-state index contributed by atoms with van der Waals surface area (Å²) in [5, 5.41) is 4.91. The van der Waals surface area contributed by atoms with E-state index in [-0.39, 0.29) is 6.04 Å². The Kier molecular flexibility index (Phi) is 2.78. The molecule has 1 atom stereocenters. The minimum atomic E-state index is 0.278. The van der Waals surface area contributed by atoms with E-state index < -0.39 is 0 Å². The molecule has 0 aliphatic carbocycles. The Labute approximate surface area is 111 Å². The van der Waals surface area contributed by atoms with Crippen LogP contribution in [0.15, 0.2) is 35.1 Å². The van der Waals surface area contributed by atoms with E-state index in [1.165, 1.54) is 11.3 Å². The molecular weight excluding hydrogens is 248 g/mol. The van der Waals surface area contributed by atoms with Gasteiger partial charge in [-0.15, -0.1) is 0 Å². The first-order valence-corrected chi connectivity index (χ1v) is 6.50. The van der Waals surface area contributed by atoms with Gasteiger partial charge in [-0.05, 0) is 30.2 Å². The van der Waals surface area contributed by atoms with E-state index in [0.717, 1.165) is 17.3 Å². The van der Waals surface area contributed by atoms with Crippen molar-refractivity contribution >= 4 is 17.3 Å². The van der Waals surface area contributed by atoms with Crippen LogP contribution < -0.4 is 4.90 Å². The van der Waals surface area contributed by atoms with Gasteiger partial charge in [0.05, 0.1) is 6.04 Å². The predicted octanol–water partition coefficient (Wildman–Crippen LogP) is 4.05. The minimum absolute atomic E-state index is 0.278. The summed E-state index contributed by atoms with van der Waals surface area (Å²) in [6, 6.07) is 8.24. The number of rotatable bonds is 2. The van der Waals surface area contributed by atoms with Crippen molar-refractivity contribution < 1.29 is 4.52 Å². The second-order valence-corrected chi connectivity index (χ2v) is 5.45. The van der Waals surface area contributed by atoms with Crippen LogP contribution in [0.2, 0.25) is 5.02 Å². The zero-order chi connectivity index (χ0) is 12.7. The Morgan fingerprint density at radius 1 is 1.33 bits per heavy atom. The van der Waals surface area contributed by atoms with Crippen molar-refractivity contribution in [2.75, 3.05) is 4.90 Å². The monoisotopic (exact) mass is 262 g/mol. The van der Waals surface area contributed by atoms with Crippen LogP contribution in [0.3, 0.4) is 0 Å². The van der Waals surface area contributed by atoms with Crippen molar-refractivity contribution in [1.82, 2.24) is 5.16 Å². The molecule has 4 heteroatoms. The summed E-state index contributed by atoms with van der Waals surface area (Å²) in [6.07, 6.45) is 1.75. The number of nitrogens with zero attached hydrogens (tertiary/aromatic N) is 2. The van der Waals surface area contributed by atoms with Gasteiger partial charge in [0.1, 0.15) is 12.0 Å².